The maximum Gasteiger partial charge on any atom is 0.329 e. The molecule has 1 heterocycles. The Morgan fingerprint density at radius 1 is 0.897 bits per heavy atom. The zero-order valence-electron chi connectivity index (χ0n) is 15.5. The fraction of sp³-hybridized carbons (Fsp3) is 0.0476. The van der Waals surface area contributed by atoms with Crippen molar-refractivity contribution in [2.75, 3.05) is 10.6 Å². The van der Waals surface area contributed by atoms with E-state index in [9.17, 15) is 14.4 Å². The second-order valence-corrected chi connectivity index (χ2v) is 7.01. The Balaban J connectivity index is 1.64. The van der Waals surface area contributed by atoms with Gasteiger partial charge in [0.25, 0.3) is 5.91 Å². The van der Waals surface area contributed by atoms with Gasteiger partial charge in [0.15, 0.2) is 0 Å². The highest BCUT2D eigenvalue weighted by molar-refractivity contribution is 7.11. The van der Waals surface area contributed by atoms with E-state index in [1.165, 1.54) is 17.6 Å². The van der Waals surface area contributed by atoms with Gasteiger partial charge in [-0.1, -0.05) is 35.9 Å². The van der Waals surface area contributed by atoms with Crippen LogP contribution < -0.4 is 16.1 Å². The molecule has 29 heavy (non-hydrogen) atoms. The van der Waals surface area contributed by atoms with E-state index < -0.39 is 17.7 Å². The van der Waals surface area contributed by atoms with E-state index >= 15 is 0 Å². The van der Waals surface area contributed by atoms with Crippen molar-refractivity contribution in [2.45, 2.75) is 6.92 Å². The van der Waals surface area contributed by atoms with Gasteiger partial charge in [-0.3, -0.25) is 14.4 Å². The number of carbonyl (C=O) groups excluding carboxylic acids is 3. The molecular formula is C21H18N4O3S. The van der Waals surface area contributed by atoms with Crippen LogP contribution in [0.3, 0.4) is 0 Å². The van der Waals surface area contributed by atoms with Crippen LogP contribution in [0.25, 0.3) is 0 Å². The smallest absolute Gasteiger partial charge is 0.322 e. The summed E-state index contributed by atoms with van der Waals surface area (Å²) >= 11 is 1.45. The van der Waals surface area contributed by atoms with Gasteiger partial charge in [-0.25, -0.2) is 5.43 Å². The van der Waals surface area contributed by atoms with Crippen LogP contribution in [-0.2, 0) is 9.59 Å². The molecule has 3 N–H and O–H groups in total. The molecule has 0 saturated heterocycles. The van der Waals surface area contributed by atoms with Crippen LogP contribution in [0, 0.1) is 6.92 Å². The molecule has 3 amide bonds. The third-order valence-electron chi connectivity index (χ3n) is 3.84. The number of thiophene rings is 1. The summed E-state index contributed by atoms with van der Waals surface area (Å²) in [6, 6.07) is 17.4. The van der Waals surface area contributed by atoms with Gasteiger partial charge in [-0.05, 0) is 42.6 Å². The van der Waals surface area contributed by atoms with E-state index in [1.807, 2.05) is 36.6 Å². The number of para-hydroxylation sites is 1. The Hall–Kier alpha value is -3.78. The Morgan fingerprint density at radius 2 is 1.66 bits per heavy atom. The van der Waals surface area contributed by atoms with Crippen LogP contribution in [0.1, 0.15) is 20.8 Å². The second-order valence-electron chi connectivity index (χ2n) is 6.03. The summed E-state index contributed by atoms with van der Waals surface area (Å²) in [6.07, 6.45) is 1.44. The van der Waals surface area contributed by atoms with E-state index in [1.54, 1.807) is 36.4 Å². The summed E-state index contributed by atoms with van der Waals surface area (Å²) in [5, 5.41) is 10.8. The number of aryl methyl sites for hydroxylation is 1. The lowest BCUT2D eigenvalue weighted by Gasteiger charge is -2.11. The van der Waals surface area contributed by atoms with Gasteiger partial charge >= 0.3 is 11.8 Å². The second kappa shape index (κ2) is 9.43. The molecule has 3 aromatic rings. The number of anilines is 2. The van der Waals surface area contributed by atoms with Crippen molar-refractivity contribution in [1.29, 1.82) is 0 Å². The Labute approximate surface area is 171 Å². The van der Waals surface area contributed by atoms with E-state index in [-0.39, 0.29) is 11.3 Å². The molecule has 7 nitrogen and oxygen atoms in total. The predicted octanol–water partition coefficient (Wildman–Crippen LogP) is 3.40. The fourth-order valence-electron chi connectivity index (χ4n) is 2.37. The number of amides is 3. The molecular weight excluding hydrogens is 388 g/mol. The number of rotatable bonds is 5. The SMILES string of the molecule is Cc1ccc(NC(=O)c2ccccc2NC(=O)C(=O)N/N=C/c2cccs2)cc1. The Morgan fingerprint density at radius 3 is 2.38 bits per heavy atom. The third kappa shape index (κ3) is 5.60. The number of nitrogens with zero attached hydrogens (tertiary/aromatic N) is 1. The van der Waals surface area contributed by atoms with E-state index in [2.05, 4.69) is 21.2 Å². The lowest BCUT2D eigenvalue weighted by Crippen LogP contribution is -2.33. The highest BCUT2D eigenvalue weighted by atomic mass is 32.1. The van der Waals surface area contributed by atoms with Gasteiger partial charge < -0.3 is 10.6 Å². The average molecular weight is 406 g/mol. The van der Waals surface area contributed by atoms with E-state index in [4.69, 9.17) is 0 Å². The van der Waals surface area contributed by atoms with Crippen molar-refractivity contribution >= 4 is 46.6 Å². The van der Waals surface area contributed by atoms with E-state index in [0.29, 0.717) is 5.69 Å². The molecule has 0 bridgehead atoms. The van der Waals surface area contributed by atoms with Gasteiger partial charge in [0, 0.05) is 10.6 Å². The summed E-state index contributed by atoms with van der Waals surface area (Å²) < 4.78 is 0. The van der Waals surface area contributed by atoms with Crippen LogP contribution in [0.2, 0.25) is 0 Å². The normalized spacial score (nSPS) is 10.5. The molecule has 0 aliphatic heterocycles. The highest BCUT2D eigenvalue weighted by Gasteiger charge is 2.17. The summed E-state index contributed by atoms with van der Waals surface area (Å²) in [6.45, 7) is 1.95. The molecule has 0 aliphatic rings. The highest BCUT2D eigenvalue weighted by Crippen LogP contribution is 2.18. The maximum absolute atomic E-state index is 12.6. The number of hydrazone groups is 1. The molecule has 8 heteroatoms. The van der Waals surface area contributed by atoms with Gasteiger partial charge in [-0.2, -0.15) is 5.10 Å². The molecule has 0 aliphatic carbocycles. The average Bonchev–Trinajstić information content (AvgIpc) is 3.23. The van der Waals surface area contributed by atoms with Gasteiger partial charge in [-0.15, -0.1) is 11.3 Å². The van der Waals surface area contributed by atoms with Crippen molar-refractivity contribution in [3.05, 3.63) is 82.0 Å². The number of benzene rings is 2. The van der Waals surface area contributed by atoms with Gasteiger partial charge in [0.05, 0.1) is 17.5 Å². The molecule has 2 aromatic carbocycles. The van der Waals surface area contributed by atoms with Crippen LogP contribution in [0.15, 0.2) is 71.1 Å². The van der Waals surface area contributed by atoms with Gasteiger partial charge in [0.1, 0.15) is 0 Å². The summed E-state index contributed by atoms with van der Waals surface area (Å²) in [5.41, 5.74) is 4.31. The van der Waals surface area contributed by atoms with Crippen molar-refractivity contribution in [1.82, 2.24) is 5.43 Å². The number of hydrogen-bond acceptors (Lipinski definition) is 5. The minimum absolute atomic E-state index is 0.222. The molecule has 1 aromatic heterocycles. The van der Waals surface area contributed by atoms with Crippen LogP contribution in [0.4, 0.5) is 11.4 Å². The Bertz CT molecular complexity index is 1040. The standard InChI is InChI=1S/C21H18N4O3S/c1-14-8-10-15(11-9-14)23-19(26)17-6-2-3-7-18(17)24-20(27)21(28)25-22-13-16-5-4-12-29-16/h2-13H,1H3,(H,23,26)(H,24,27)(H,25,28)/b22-13+. The van der Waals surface area contributed by atoms with Crippen molar-refractivity contribution < 1.29 is 14.4 Å². The van der Waals surface area contributed by atoms with Crippen molar-refractivity contribution in [2.24, 2.45) is 5.10 Å². The lowest BCUT2D eigenvalue weighted by molar-refractivity contribution is -0.136. The maximum atomic E-state index is 12.6. The first-order valence-electron chi connectivity index (χ1n) is 8.68. The van der Waals surface area contributed by atoms with Crippen LogP contribution in [0.5, 0.6) is 0 Å². The van der Waals surface area contributed by atoms with E-state index in [0.717, 1.165) is 10.4 Å². The first kappa shape index (κ1) is 20.0. The summed E-state index contributed by atoms with van der Waals surface area (Å²) in [5.74, 6) is -2.27. The number of carbonyl (C=O) groups is 3. The molecule has 0 fully saturated rings. The molecule has 0 saturated carbocycles. The minimum atomic E-state index is -0.938. The van der Waals surface area contributed by atoms with Crippen molar-refractivity contribution in [3.63, 3.8) is 0 Å². The number of nitrogens with one attached hydrogen (secondary N) is 3. The molecule has 0 spiro atoms. The quantitative estimate of drug-likeness (QED) is 0.344. The minimum Gasteiger partial charge on any atom is -0.322 e. The molecule has 0 atom stereocenters. The topological polar surface area (TPSA) is 99.7 Å². The molecule has 0 radical (unpaired) electrons. The zero-order chi connectivity index (χ0) is 20.6. The van der Waals surface area contributed by atoms with Crippen LogP contribution in [-0.4, -0.2) is 23.9 Å². The number of hydrogen-bond donors (Lipinski definition) is 3. The largest absolute Gasteiger partial charge is 0.329 e. The summed E-state index contributed by atoms with van der Waals surface area (Å²) in [7, 11) is 0. The molecule has 146 valence electrons. The first-order chi connectivity index (χ1) is 14.0. The third-order valence-corrected chi connectivity index (χ3v) is 4.64. The lowest BCUT2D eigenvalue weighted by atomic mass is 10.1. The molecule has 3 rings (SSSR count). The van der Waals surface area contributed by atoms with Crippen molar-refractivity contribution in [3.8, 4) is 0 Å². The predicted molar refractivity (Wildman–Crippen MR) is 114 cm³/mol. The van der Waals surface area contributed by atoms with Crippen LogP contribution >= 0.6 is 11.3 Å². The summed E-state index contributed by atoms with van der Waals surface area (Å²) in [4.78, 5) is 37.5. The van der Waals surface area contributed by atoms with Gasteiger partial charge in [0.2, 0.25) is 0 Å². The fourth-order valence-corrected chi connectivity index (χ4v) is 2.96. The first-order valence-corrected chi connectivity index (χ1v) is 9.56. The zero-order valence-corrected chi connectivity index (χ0v) is 16.3. The monoisotopic (exact) mass is 406 g/mol. The molecule has 0 unspecified atom stereocenters. The Kier molecular flexibility index (Phi) is 6.49.